The van der Waals surface area contributed by atoms with Gasteiger partial charge in [-0.25, -0.2) is 14.6 Å². The van der Waals surface area contributed by atoms with Crippen molar-refractivity contribution >= 4 is 23.7 Å². The zero-order valence-corrected chi connectivity index (χ0v) is 16.5. The SMILES string of the molecule is CCOC(=O)c1cc(-c2ccnc(Cl)c2)nn1CCNC(=O)OC(C)(C)C. The lowest BCUT2D eigenvalue weighted by atomic mass is 10.2. The van der Waals surface area contributed by atoms with E-state index in [1.54, 1.807) is 52.1 Å². The summed E-state index contributed by atoms with van der Waals surface area (Å²) < 4.78 is 11.8. The first-order chi connectivity index (χ1) is 12.7. The Labute approximate surface area is 162 Å². The van der Waals surface area contributed by atoms with Crippen LogP contribution in [0.1, 0.15) is 38.2 Å². The molecule has 0 bridgehead atoms. The van der Waals surface area contributed by atoms with E-state index in [1.165, 1.54) is 4.68 Å². The van der Waals surface area contributed by atoms with Crippen LogP contribution in [0.15, 0.2) is 24.4 Å². The van der Waals surface area contributed by atoms with E-state index >= 15 is 0 Å². The molecule has 0 unspecified atom stereocenters. The molecule has 2 rings (SSSR count). The van der Waals surface area contributed by atoms with Gasteiger partial charge >= 0.3 is 12.1 Å². The van der Waals surface area contributed by atoms with E-state index < -0.39 is 17.7 Å². The van der Waals surface area contributed by atoms with E-state index in [9.17, 15) is 9.59 Å². The number of ether oxygens (including phenoxy) is 2. The average molecular weight is 395 g/mol. The summed E-state index contributed by atoms with van der Waals surface area (Å²) in [5.41, 5.74) is 0.976. The van der Waals surface area contributed by atoms with Gasteiger partial charge in [0.2, 0.25) is 0 Å². The van der Waals surface area contributed by atoms with Crippen LogP contribution in [-0.2, 0) is 16.0 Å². The summed E-state index contributed by atoms with van der Waals surface area (Å²) in [6, 6.07) is 5.02. The molecule has 8 nitrogen and oxygen atoms in total. The second-order valence-electron chi connectivity index (χ2n) is 6.65. The largest absolute Gasteiger partial charge is 0.461 e. The van der Waals surface area contributed by atoms with Crippen LogP contribution < -0.4 is 5.32 Å². The zero-order valence-electron chi connectivity index (χ0n) is 15.8. The highest BCUT2D eigenvalue weighted by atomic mass is 35.5. The van der Waals surface area contributed by atoms with Gasteiger partial charge in [-0.3, -0.25) is 4.68 Å². The fraction of sp³-hybridized carbons (Fsp3) is 0.444. The van der Waals surface area contributed by atoms with Gasteiger partial charge in [0.1, 0.15) is 16.4 Å². The van der Waals surface area contributed by atoms with E-state index in [0.717, 1.165) is 5.56 Å². The van der Waals surface area contributed by atoms with Crippen molar-refractivity contribution in [3.05, 3.63) is 35.2 Å². The molecule has 0 aliphatic carbocycles. The minimum absolute atomic E-state index is 0.236. The fourth-order valence-electron chi connectivity index (χ4n) is 2.24. The third-order valence-corrected chi connectivity index (χ3v) is 3.49. The third-order valence-electron chi connectivity index (χ3n) is 3.28. The van der Waals surface area contributed by atoms with Crippen LogP contribution in [0.3, 0.4) is 0 Å². The summed E-state index contributed by atoms with van der Waals surface area (Å²) in [5.74, 6) is -0.492. The van der Waals surface area contributed by atoms with E-state index in [4.69, 9.17) is 21.1 Å². The Bertz CT molecular complexity index is 814. The van der Waals surface area contributed by atoms with Crippen molar-refractivity contribution in [2.24, 2.45) is 0 Å². The number of carbonyl (C=O) groups excluding carboxylic acids is 2. The predicted octanol–water partition coefficient (Wildman–Crippen LogP) is 3.30. The number of carbonyl (C=O) groups is 2. The fourth-order valence-corrected chi connectivity index (χ4v) is 2.41. The van der Waals surface area contributed by atoms with Crippen LogP contribution in [0.4, 0.5) is 4.79 Å². The lowest BCUT2D eigenvalue weighted by Gasteiger charge is -2.19. The highest BCUT2D eigenvalue weighted by Crippen LogP contribution is 2.21. The molecule has 2 aromatic rings. The number of hydrogen-bond acceptors (Lipinski definition) is 6. The minimum Gasteiger partial charge on any atom is -0.461 e. The second-order valence-corrected chi connectivity index (χ2v) is 7.04. The molecule has 0 radical (unpaired) electrons. The molecule has 0 fully saturated rings. The maximum Gasteiger partial charge on any atom is 0.407 e. The summed E-state index contributed by atoms with van der Waals surface area (Å²) in [6.45, 7) is 7.83. The monoisotopic (exact) mass is 394 g/mol. The summed E-state index contributed by atoms with van der Waals surface area (Å²) in [5, 5.41) is 7.40. The molecule has 0 aliphatic heterocycles. The average Bonchev–Trinajstić information content (AvgIpc) is 2.98. The number of rotatable bonds is 6. The molecule has 2 aromatic heterocycles. The predicted molar refractivity (Wildman–Crippen MR) is 101 cm³/mol. The number of amides is 1. The van der Waals surface area contributed by atoms with Gasteiger partial charge in [-0.15, -0.1) is 0 Å². The Morgan fingerprint density at radius 2 is 2.04 bits per heavy atom. The number of hydrogen-bond donors (Lipinski definition) is 1. The molecule has 9 heteroatoms. The molecular weight excluding hydrogens is 372 g/mol. The number of alkyl carbamates (subject to hydrolysis) is 1. The normalized spacial score (nSPS) is 11.1. The molecule has 0 saturated carbocycles. The van der Waals surface area contributed by atoms with Crippen molar-refractivity contribution in [3.63, 3.8) is 0 Å². The van der Waals surface area contributed by atoms with Gasteiger partial charge in [-0.2, -0.15) is 5.10 Å². The van der Waals surface area contributed by atoms with E-state index in [1.807, 2.05) is 0 Å². The summed E-state index contributed by atoms with van der Waals surface area (Å²) in [7, 11) is 0. The Morgan fingerprint density at radius 1 is 1.30 bits per heavy atom. The first-order valence-electron chi connectivity index (χ1n) is 8.53. The van der Waals surface area contributed by atoms with Crippen LogP contribution in [-0.4, -0.2) is 45.6 Å². The number of halogens is 1. The molecule has 1 N–H and O–H groups in total. The maximum absolute atomic E-state index is 12.2. The number of nitrogens with zero attached hydrogens (tertiary/aromatic N) is 3. The van der Waals surface area contributed by atoms with Gasteiger partial charge < -0.3 is 14.8 Å². The topological polar surface area (TPSA) is 95.3 Å². The number of esters is 1. The van der Waals surface area contributed by atoms with Crippen molar-refractivity contribution in [3.8, 4) is 11.3 Å². The molecule has 0 aliphatic rings. The van der Waals surface area contributed by atoms with Gasteiger partial charge in [0.05, 0.1) is 18.8 Å². The Morgan fingerprint density at radius 3 is 2.67 bits per heavy atom. The van der Waals surface area contributed by atoms with Crippen LogP contribution in [0.25, 0.3) is 11.3 Å². The first kappa shape index (κ1) is 20.7. The summed E-state index contributed by atoms with van der Waals surface area (Å²) >= 11 is 5.93. The molecule has 1 amide bonds. The molecule has 146 valence electrons. The number of aromatic nitrogens is 3. The molecule has 0 saturated heterocycles. The quantitative estimate of drug-likeness (QED) is 0.596. The number of pyridine rings is 1. The van der Waals surface area contributed by atoms with Crippen molar-refractivity contribution in [1.29, 1.82) is 0 Å². The second kappa shape index (κ2) is 8.85. The van der Waals surface area contributed by atoms with Gasteiger partial charge in [0.25, 0.3) is 0 Å². The minimum atomic E-state index is -0.584. The molecule has 27 heavy (non-hydrogen) atoms. The van der Waals surface area contributed by atoms with Crippen LogP contribution >= 0.6 is 11.6 Å². The van der Waals surface area contributed by atoms with E-state index in [-0.39, 0.29) is 25.4 Å². The van der Waals surface area contributed by atoms with Crippen molar-refractivity contribution in [2.45, 2.75) is 39.8 Å². The lowest BCUT2D eigenvalue weighted by Crippen LogP contribution is -2.34. The van der Waals surface area contributed by atoms with Gasteiger partial charge in [-0.05, 0) is 45.9 Å². The van der Waals surface area contributed by atoms with Gasteiger partial charge in [0.15, 0.2) is 0 Å². The summed E-state index contributed by atoms with van der Waals surface area (Å²) in [6.07, 6.45) is 1.03. The van der Waals surface area contributed by atoms with Crippen LogP contribution in [0.5, 0.6) is 0 Å². The molecule has 0 aromatic carbocycles. The molecular formula is C18H23ClN4O4. The highest BCUT2D eigenvalue weighted by Gasteiger charge is 2.19. The van der Waals surface area contributed by atoms with Crippen molar-refractivity contribution in [2.75, 3.05) is 13.2 Å². The number of nitrogens with one attached hydrogen (secondary N) is 1. The maximum atomic E-state index is 12.2. The highest BCUT2D eigenvalue weighted by molar-refractivity contribution is 6.29. The van der Waals surface area contributed by atoms with Crippen LogP contribution in [0, 0.1) is 0 Å². The molecule has 0 atom stereocenters. The van der Waals surface area contributed by atoms with Crippen molar-refractivity contribution in [1.82, 2.24) is 20.1 Å². The van der Waals surface area contributed by atoms with Gasteiger partial charge in [-0.1, -0.05) is 11.6 Å². The smallest absolute Gasteiger partial charge is 0.407 e. The van der Waals surface area contributed by atoms with Crippen LogP contribution in [0.2, 0.25) is 5.15 Å². The van der Waals surface area contributed by atoms with E-state index in [0.29, 0.717) is 10.8 Å². The first-order valence-corrected chi connectivity index (χ1v) is 8.91. The zero-order chi connectivity index (χ0) is 20.0. The van der Waals surface area contributed by atoms with Crippen molar-refractivity contribution < 1.29 is 19.1 Å². The Hall–Kier alpha value is -2.61. The molecule has 0 spiro atoms. The van der Waals surface area contributed by atoms with E-state index in [2.05, 4.69) is 15.4 Å². The summed E-state index contributed by atoms with van der Waals surface area (Å²) in [4.78, 5) is 27.9. The lowest BCUT2D eigenvalue weighted by molar-refractivity contribution is 0.0512. The Kier molecular flexibility index (Phi) is 6.79. The third kappa shape index (κ3) is 6.25. The standard InChI is InChI=1S/C18H23ClN4O4/c1-5-26-16(24)14-11-13(12-6-7-20-15(19)10-12)22-23(14)9-8-21-17(25)27-18(2,3)4/h6-7,10-11H,5,8-9H2,1-4H3,(H,21,25). The molecule has 2 heterocycles. The van der Waals surface area contributed by atoms with Gasteiger partial charge in [0, 0.05) is 18.3 Å². The Balaban J connectivity index is 2.16.